The summed E-state index contributed by atoms with van der Waals surface area (Å²) in [5, 5.41) is 9.60. The van der Waals surface area contributed by atoms with Crippen LogP contribution in [0.25, 0.3) is 0 Å². The molecule has 2 N–H and O–H groups in total. The third kappa shape index (κ3) is 4.91. The number of hydrogen-bond acceptors (Lipinski definition) is 4. The van der Waals surface area contributed by atoms with Gasteiger partial charge in [0.2, 0.25) is 5.91 Å². The summed E-state index contributed by atoms with van der Waals surface area (Å²) in [6, 6.07) is 5.41. The fraction of sp³-hybridized carbons (Fsp3) is 0.412. The summed E-state index contributed by atoms with van der Waals surface area (Å²) in [4.78, 5) is 28.1. The lowest BCUT2D eigenvalue weighted by atomic mass is 10.1. The second-order valence-corrected chi connectivity index (χ2v) is 6.56. The molecule has 0 saturated heterocycles. The molecule has 0 spiro atoms. The van der Waals surface area contributed by atoms with Gasteiger partial charge in [-0.05, 0) is 39.8 Å². The number of anilines is 1. The van der Waals surface area contributed by atoms with E-state index in [1.165, 1.54) is 6.20 Å². The molecule has 2 rings (SSSR count). The lowest BCUT2D eigenvalue weighted by Crippen LogP contribution is -2.28. The van der Waals surface area contributed by atoms with Crippen LogP contribution in [0.15, 0.2) is 30.6 Å². The number of nitrogens with one attached hydrogen (secondary N) is 2. The van der Waals surface area contributed by atoms with Crippen molar-refractivity contribution in [2.24, 2.45) is 0 Å². The zero-order valence-electron chi connectivity index (χ0n) is 14.5. The first-order valence-electron chi connectivity index (χ1n) is 7.82. The molecule has 0 fully saturated rings. The minimum atomic E-state index is -0.244. The van der Waals surface area contributed by atoms with Gasteiger partial charge in [-0.15, -0.1) is 0 Å². The summed E-state index contributed by atoms with van der Waals surface area (Å²) in [6.07, 6.45) is 3.40. The van der Waals surface area contributed by atoms with Gasteiger partial charge in [0, 0.05) is 24.9 Å². The van der Waals surface area contributed by atoms with Gasteiger partial charge >= 0.3 is 0 Å². The number of rotatable bonds is 5. The molecule has 0 aliphatic carbocycles. The number of carbonyl (C=O) groups is 2. The van der Waals surface area contributed by atoms with Crippen LogP contribution in [-0.4, -0.2) is 33.1 Å². The molecule has 0 saturated carbocycles. The Labute approximate surface area is 141 Å². The SMILES string of the molecule is Cc1cccc(NC(=O)CCNC(=O)c2cnn(C(C)(C)C)c2)n1. The van der Waals surface area contributed by atoms with Crippen molar-refractivity contribution in [2.45, 2.75) is 39.7 Å². The second kappa shape index (κ2) is 7.25. The number of amides is 2. The maximum absolute atomic E-state index is 12.1. The lowest BCUT2D eigenvalue weighted by Gasteiger charge is -2.18. The molecule has 7 nitrogen and oxygen atoms in total. The molecule has 2 aromatic heterocycles. The molecule has 128 valence electrons. The molecule has 0 aliphatic heterocycles. The Morgan fingerprint density at radius 3 is 2.62 bits per heavy atom. The number of nitrogens with zero attached hydrogens (tertiary/aromatic N) is 3. The molecular formula is C17H23N5O2. The Hall–Kier alpha value is -2.70. The van der Waals surface area contributed by atoms with E-state index in [1.807, 2.05) is 39.8 Å². The molecule has 0 aromatic carbocycles. The van der Waals surface area contributed by atoms with Gasteiger partial charge in [-0.2, -0.15) is 5.10 Å². The van der Waals surface area contributed by atoms with Crippen molar-refractivity contribution in [3.8, 4) is 0 Å². The number of aryl methyl sites for hydroxylation is 1. The molecule has 2 aromatic rings. The quantitative estimate of drug-likeness (QED) is 0.879. The molecule has 7 heteroatoms. The molecule has 0 aliphatic rings. The maximum atomic E-state index is 12.1. The van der Waals surface area contributed by atoms with Crippen molar-refractivity contribution < 1.29 is 9.59 Å². The van der Waals surface area contributed by atoms with Crippen molar-refractivity contribution in [3.05, 3.63) is 41.9 Å². The fourth-order valence-corrected chi connectivity index (χ4v) is 2.02. The van der Waals surface area contributed by atoms with Crippen LogP contribution in [0.2, 0.25) is 0 Å². The first-order valence-corrected chi connectivity index (χ1v) is 7.82. The van der Waals surface area contributed by atoms with Crippen LogP contribution in [0.4, 0.5) is 5.82 Å². The van der Waals surface area contributed by atoms with E-state index in [-0.39, 0.29) is 30.3 Å². The van der Waals surface area contributed by atoms with Crippen molar-refractivity contribution >= 4 is 17.6 Å². The molecule has 24 heavy (non-hydrogen) atoms. The number of aromatic nitrogens is 3. The summed E-state index contributed by atoms with van der Waals surface area (Å²) in [5.41, 5.74) is 1.13. The van der Waals surface area contributed by atoms with Gasteiger partial charge in [0.05, 0.1) is 17.3 Å². The van der Waals surface area contributed by atoms with Gasteiger partial charge in [-0.25, -0.2) is 4.98 Å². The molecule has 2 heterocycles. The molecule has 0 bridgehead atoms. The normalized spacial score (nSPS) is 11.2. The molecular weight excluding hydrogens is 306 g/mol. The Morgan fingerprint density at radius 2 is 2.00 bits per heavy atom. The number of pyridine rings is 1. The first-order chi connectivity index (χ1) is 11.3. The van der Waals surface area contributed by atoms with Crippen LogP contribution < -0.4 is 10.6 Å². The predicted octanol–water partition coefficient (Wildman–Crippen LogP) is 2.10. The summed E-state index contributed by atoms with van der Waals surface area (Å²) < 4.78 is 1.73. The number of hydrogen-bond donors (Lipinski definition) is 2. The second-order valence-electron chi connectivity index (χ2n) is 6.56. The fourth-order valence-electron chi connectivity index (χ4n) is 2.02. The van der Waals surface area contributed by atoms with Gasteiger partial charge in [-0.1, -0.05) is 6.07 Å². The zero-order valence-corrected chi connectivity index (χ0v) is 14.5. The Kier molecular flexibility index (Phi) is 5.33. The highest BCUT2D eigenvalue weighted by Crippen LogP contribution is 2.13. The molecule has 2 amide bonds. The van der Waals surface area contributed by atoms with Crippen LogP contribution in [0, 0.1) is 6.92 Å². The first kappa shape index (κ1) is 17.7. The van der Waals surface area contributed by atoms with Crippen molar-refractivity contribution in [1.82, 2.24) is 20.1 Å². The predicted molar refractivity (Wildman–Crippen MR) is 91.8 cm³/mol. The molecule has 0 atom stereocenters. The van der Waals surface area contributed by atoms with E-state index < -0.39 is 0 Å². The van der Waals surface area contributed by atoms with Gasteiger partial charge < -0.3 is 10.6 Å². The highest BCUT2D eigenvalue weighted by atomic mass is 16.2. The van der Waals surface area contributed by atoms with E-state index in [1.54, 1.807) is 16.9 Å². The Balaban J connectivity index is 1.80. The third-order valence-corrected chi connectivity index (χ3v) is 3.33. The van der Waals surface area contributed by atoms with Crippen LogP contribution in [0.3, 0.4) is 0 Å². The average Bonchev–Trinajstić information content (AvgIpc) is 2.97. The van der Waals surface area contributed by atoms with Crippen LogP contribution in [-0.2, 0) is 10.3 Å². The average molecular weight is 329 g/mol. The van der Waals surface area contributed by atoms with Gasteiger partial charge in [0.1, 0.15) is 5.82 Å². The summed E-state index contributed by atoms with van der Waals surface area (Å²) in [6.45, 7) is 8.12. The van der Waals surface area contributed by atoms with Crippen molar-refractivity contribution in [1.29, 1.82) is 0 Å². The Morgan fingerprint density at radius 1 is 1.25 bits per heavy atom. The summed E-state index contributed by atoms with van der Waals surface area (Å²) in [5.74, 6) is 0.0727. The smallest absolute Gasteiger partial charge is 0.254 e. The van der Waals surface area contributed by atoms with Gasteiger partial charge in [0.15, 0.2) is 0 Å². The number of carbonyl (C=O) groups excluding carboxylic acids is 2. The third-order valence-electron chi connectivity index (χ3n) is 3.33. The monoisotopic (exact) mass is 329 g/mol. The van der Waals surface area contributed by atoms with Crippen LogP contribution in [0.5, 0.6) is 0 Å². The lowest BCUT2D eigenvalue weighted by molar-refractivity contribution is -0.116. The minimum absolute atomic E-state index is 0.175. The highest BCUT2D eigenvalue weighted by Gasteiger charge is 2.16. The van der Waals surface area contributed by atoms with E-state index in [2.05, 4.69) is 20.7 Å². The van der Waals surface area contributed by atoms with Crippen LogP contribution >= 0.6 is 0 Å². The maximum Gasteiger partial charge on any atom is 0.254 e. The molecule has 0 radical (unpaired) electrons. The van der Waals surface area contributed by atoms with Crippen LogP contribution in [0.1, 0.15) is 43.2 Å². The zero-order chi connectivity index (χ0) is 17.7. The standard InChI is InChI=1S/C17H23N5O2/c1-12-6-5-7-14(20-12)21-15(23)8-9-18-16(24)13-10-19-22(11-13)17(2,3)4/h5-7,10-11H,8-9H2,1-4H3,(H,18,24)(H,20,21,23). The van der Waals surface area contributed by atoms with E-state index in [0.717, 1.165) is 5.69 Å². The molecule has 0 unspecified atom stereocenters. The van der Waals surface area contributed by atoms with Crippen molar-refractivity contribution in [3.63, 3.8) is 0 Å². The minimum Gasteiger partial charge on any atom is -0.351 e. The van der Waals surface area contributed by atoms with E-state index in [9.17, 15) is 9.59 Å². The van der Waals surface area contributed by atoms with Crippen molar-refractivity contribution in [2.75, 3.05) is 11.9 Å². The highest BCUT2D eigenvalue weighted by molar-refractivity contribution is 5.94. The Bertz CT molecular complexity index is 731. The topological polar surface area (TPSA) is 88.9 Å². The largest absolute Gasteiger partial charge is 0.351 e. The summed E-state index contributed by atoms with van der Waals surface area (Å²) >= 11 is 0. The van der Waals surface area contributed by atoms with Gasteiger partial charge in [-0.3, -0.25) is 14.3 Å². The summed E-state index contributed by atoms with van der Waals surface area (Å²) in [7, 11) is 0. The van der Waals surface area contributed by atoms with Gasteiger partial charge in [0.25, 0.3) is 5.91 Å². The van der Waals surface area contributed by atoms with E-state index >= 15 is 0 Å². The van der Waals surface area contributed by atoms with E-state index in [4.69, 9.17) is 0 Å². The van der Waals surface area contributed by atoms with E-state index in [0.29, 0.717) is 11.4 Å².